The Kier molecular flexibility index (Phi) is 7.00. The number of methoxy groups -OCH3 is 1. The SMILES string of the molecule is C=CCc1cc(C(=O)Nc2ccc(S(=O)(=O)Nc3ccc(C)c(C)c3)cc2)ccc1OC. The summed E-state index contributed by atoms with van der Waals surface area (Å²) in [5.74, 6) is 0.383. The number of carbonyl (C=O) groups excluding carboxylic acids is 1. The quantitative estimate of drug-likeness (QED) is 0.468. The van der Waals surface area contributed by atoms with E-state index in [0.29, 0.717) is 29.1 Å². The summed E-state index contributed by atoms with van der Waals surface area (Å²) in [5.41, 5.74) is 4.39. The summed E-state index contributed by atoms with van der Waals surface area (Å²) in [6.45, 7) is 7.62. The van der Waals surface area contributed by atoms with E-state index in [1.54, 1.807) is 55.7 Å². The van der Waals surface area contributed by atoms with E-state index in [2.05, 4.69) is 16.6 Å². The molecule has 6 nitrogen and oxygen atoms in total. The van der Waals surface area contributed by atoms with E-state index in [9.17, 15) is 13.2 Å². The molecule has 0 aromatic heterocycles. The third kappa shape index (κ3) is 5.36. The van der Waals surface area contributed by atoms with Crippen molar-refractivity contribution in [2.24, 2.45) is 0 Å². The van der Waals surface area contributed by atoms with Crippen molar-refractivity contribution >= 4 is 27.3 Å². The van der Waals surface area contributed by atoms with Gasteiger partial charge in [-0.05, 0) is 91.6 Å². The Bertz CT molecular complexity index is 1250. The molecular formula is C25H26N2O4S. The number of nitrogens with one attached hydrogen (secondary N) is 2. The van der Waals surface area contributed by atoms with Crippen LogP contribution >= 0.6 is 0 Å². The molecule has 32 heavy (non-hydrogen) atoms. The topological polar surface area (TPSA) is 84.5 Å². The third-order valence-electron chi connectivity index (χ3n) is 5.09. The van der Waals surface area contributed by atoms with Gasteiger partial charge < -0.3 is 10.1 Å². The zero-order chi connectivity index (χ0) is 23.3. The van der Waals surface area contributed by atoms with E-state index in [4.69, 9.17) is 4.74 Å². The van der Waals surface area contributed by atoms with Gasteiger partial charge in [-0.1, -0.05) is 12.1 Å². The molecule has 0 saturated carbocycles. The van der Waals surface area contributed by atoms with Crippen molar-refractivity contribution in [1.82, 2.24) is 0 Å². The van der Waals surface area contributed by atoms with E-state index < -0.39 is 10.0 Å². The number of anilines is 2. The molecule has 2 N–H and O–H groups in total. The number of ether oxygens (including phenoxy) is 1. The number of sulfonamides is 1. The molecule has 1 amide bonds. The van der Waals surface area contributed by atoms with Gasteiger partial charge in [-0.3, -0.25) is 9.52 Å². The molecule has 3 aromatic carbocycles. The lowest BCUT2D eigenvalue weighted by molar-refractivity contribution is 0.102. The van der Waals surface area contributed by atoms with Gasteiger partial charge in [0.1, 0.15) is 5.75 Å². The lowest BCUT2D eigenvalue weighted by atomic mass is 10.1. The smallest absolute Gasteiger partial charge is 0.261 e. The number of amides is 1. The average molecular weight is 451 g/mol. The lowest BCUT2D eigenvalue weighted by Gasteiger charge is -2.12. The summed E-state index contributed by atoms with van der Waals surface area (Å²) in [6, 6.07) is 16.6. The number of hydrogen-bond donors (Lipinski definition) is 2. The van der Waals surface area contributed by atoms with Crippen molar-refractivity contribution in [1.29, 1.82) is 0 Å². The second kappa shape index (κ2) is 9.70. The first-order valence-corrected chi connectivity index (χ1v) is 11.5. The van der Waals surface area contributed by atoms with Gasteiger partial charge in [-0.2, -0.15) is 0 Å². The largest absolute Gasteiger partial charge is 0.496 e. The van der Waals surface area contributed by atoms with Gasteiger partial charge in [0.05, 0.1) is 12.0 Å². The number of carbonyl (C=O) groups is 1. The maximum atomic E-state index is 12.7. The molecule has 0 bridgehead atoms. The minimum Gasteiger partial charge on any atom is -0.496 e. The molecule has 0 aliphatic rings. The normalized spacial score (nSPS) is 11.0. The van der Waals surface area contributed by atoms with Crippen LogP contribution in [-0.4, -0.2) is 21.4 Å². The molecule has 0 atom stereocenters. The molecule has 0 spiro atoms. The minimum absolute atomic E-state index is 0.103. The van der Waals surface area contributed by atoms with Gasteiger partial charge in [0.2, 0.25) is 0 Å². The van der Waals surface area contributed by atoms with E-state index in [1.807, 2.05) is 19.9 Å². The highest BCUT2D eigenvalue weighted by molar-refractivity contribution is 7.92. The Hall–Kier alpha value is -3.58. The fraction of sp³-hybridized carbons (Fsp3) is 0.160. The summed E-state index contributed by atoms with van der Waals surface area (Å²) in [5, 5.41) is 2.79. The van der Waals surface area contributed by atoms with Crippen molar-refractivity contribution < 1.29 is 17.9 Å². The van der Waals surface area contributed by atoms with E-state index in [-0.39, 0.29) is 10.8 Å². The number of benzene rings is 3. The van der Waals surface area contributed by atoms with Crippen molar-refractivity contribution in [2.45, 2.75) is 25.2 Å². The maximum absolute atomic E-state index is 12.7. The number of aryl methyl sites for hydroxylation is 2. The number of allylic oxidation sites excluding steroid dienone is 1. The van der Waals surface area contributed by atoms with Crippen molar-refractivity contribution in [3.8, 4) is 5.75 Å². The van der Waals surface area contributed by atoms with Crippen molar-refractivity contribution in [2.75, 3.05) is 17.1 Å². The van der Waals surface area contributed by atoms with Gasteiger partial charge >= 0.3 is 0 Å². The predicted molar refractivity (Wildman–Crippen MR) is 128 cm³/mol. The third-order valence-corrected chi connectivity index (χ3v) is 6.49. The summed E-state index contributed by atoms with van der Waals surface area (Å²) >= 11 is 0. The van der Waals surface area contributed by atoms with Gasteiger partial charge in [0.15, 0.2) is 0 Å². The number of rotatable bonds is 8. The molecule has 7 heteroatoms. The van der Waals surface area contributed by atoms with Crippen LogP contribution in [0.15, 0.2) is 78.2 Å². The molecular weight excluding hydrogens is 424 g/mol. The van der Waals surface area contributed by atoms with Gasteiger partial charge in [-0.15, -0.1) is 6.58 Å². The Balaban J connectivity index is 1.74. The van der Waals surface area contributed by atoms with Crippen LogP contribution in [0.5, 0.6) is 5.75 Å². The Morgan fingerprint density at radius 1 is 0.969 bits per heavy atom. The highest BCUT2D eigenvalue weighted by atomic mass is 32.2. The van der Waals surface area contributed by atoms with Crippen LogP contribution in [0, 0.1) is 13.8 Å². The number of hydrogen-bond acceptors (Lipinski definition) is 4. The van der Waals surface area contributed by atoms with Crippen LogP contribution in [0.2, 0.25) is 0 Å². The summed E-state index contributed by atoms with van der Waals surface area (Å²) < 4.78 is 33.3. The first kappa shape index (κ1) is 23.1. The zero-order valence-electron chi connectivity index (χ0n) is 18.3. The molecule has 0 unspecified atom stereocenters. The fourth-order valence-corrected chi connectivity index (χ4v) is 4.22. The Morgan fingerprint density at radius 3 is 2.28 bits per heavy atom. The highest BCUT2D eigenvalue weighted by Gasteiger charge is 2.15. The minimum atomic E-state index is -3.75. The second-order valence-corrected chi connectivity index (χ2v) is 9.08. The molecule has 3 aromatic rings. The summed E-state index contributed by atoms with van der Waals surface area (Å²) in [4.78, 5) is 12.7. The highest BCUT2D eigenvalue weighted by Crippen LogP contribution is 2.23. The molecule has 0 aliphatic heterocycles. The maximum Gasteiger partial charge on any atom is 0.261 e. The Morgan fingerprint density at radius 2 is 1.66 bits per heavy atom. The van der Waals surface area contributed by atoms with Gasteiger partial charge in [0.25, 0.3) is 15.9 Å². The van der Waals surface area contributed by atoms with E-state index >= 15 is 0 Å². The molecule has 0 fully saturated rings. The Labute approximate surface area is 189 Å². The monoisotopic (exact) mass is 450 g/mol. The average Bonchev–Trinajstić information content (AvgIpc) is 2.76. The van der Waals surface area contributed by atoms with Crippen LogP contribution in [0.4, 0.5) is 11.4 Å². The molecule has 0 saturated heterocycles. The molecule has 0 aliphatic carbocycles. The zero-order valence-corrected chi connectivity index (χ0v) is 19.1. The first-order chi connectivity index (χ1) is 15.2. The van der Waals surface area contributed by atoms with Crippen molar-refractivity contribution in [3.63, 3.8) is 0 Å². The standard InChI is InChI=1S/C25H26N2O4S/c1-5-6-19-16-20(8-14-24(19)31-4)25(28)26-21-10-12-23(13-11-21)32(29,30)27-22-9-7-17(2)18(3)15-22/h5,7-16,27H,1,6H2,2-4H3,(H,26,28). The first-order valence-electron chi connectivity index (χ1n) is 10.0. The summed E-state index contributed by atoms with van der Waals surface area (Å²) in [6.07, 6.45) is 2.31. The van der Waals surface area contributed by atoms with Crippen molar-refractivity contribution in [3.05, 3.63) is 95.6 Å². The molecule has 0 heterocycles. The molecule has 166 valence electrons. The van der Waals surface area contributed by atoms with E-state index in [0.717, 1.165) is 16.7 Å². The molecule has 0 radical (unpaired) electrons. The fourth-order valence-electron chi connectivity index (χ4n) is 3.17. The van der Waals surface area contributed by atoms with Gasteiger partial charge in [-0.25, -0.2) is 8.42 Å². The van der Waals surface area contributed by atoms with Gasteiger partial charge in [0, 0.05) is 16.9 Å². The molecule has 3 rings (SSSR count). The van der Waals surface area contributed by atoms with Crippen LogP contribution in [0.25, 0.3) is 0 Å². The van der Waals surface area contributed by atoms with Crippen LogP contribution < -0.4 is 14.8 Å². The second-order valence-electron chi connectivity index (χ2n) is 7.40. The lowest BCUT2D eigenvalue weighted by Crippen LogP contribution is -2.14. The van der Waals surface area contributed by atoms with Crippen LogP contribution in [-0.2, 0) is 16.4 Å². The van der Waals surface area contributed by atoms with Crippen LogP contribution in [0.1, 0.15) is 27.0 Å². The summed E-state index contributed by atoms with van der Waals surface area (Å²) in [7, 11) is -2.17. The van der Waals surface area contributed by atoms with Crippen LogP contribution in [0.3, 0.4) is 0 Å². The van der Waals surface area contributed by atoms with E-state index in [1.165, 1.54) is 12.1 Å². The predicted octanol–water partition coefficient (Wildman–Crippen LogP) is 5.09.